The number of halogens is 3. The molecule has 9 atom stereocenters. The van der Waals surface area contributed by atoms with E-state index in [0.29, 0.717) is 22.7 Å². The molecule has 0 bridgehead atoms. The highest BCUT2D eigenvalue weighted by Crippen LogP contribution is 2.68. The van der Waals surface area contributed by atoms with Crippen molar-refractivity contribution < 1.29 is 18.3 Å². The third kappa shape index (κ3) is 3.86. The first-order valence-electron chi connectivity index (χ1n) is 12.7. The molecular weight excluding hydrogens is 385 g/mol. The summed E-state index contributed by atoms with van der Waals surface area (Å²) in [5, 5.41) is 10.7. The van der Waals surface area contributed by atoms with E-state index in [9.17, 15) is 18.3 Å². The molecule has 4 aliphatic carbocycles. The van der Waals surface area contributed by atoms with Gasteiger partial charge in [0.15, 0.2) is 0 Å². The Labute approximate surface area is 181 Å². The van der Waals surface area contributed by atoms with Crippen LogP contribution in [0.3, 0.4) is 0 Å². The van der Waals surface area contributed by atoms with Gasteiger partial charge in [0, 0.05) is 0 Å². The molecule has 30 heavy (non-hydrogen) atoms. The quantitative estimate of drug-likeness (QED) is 0.485. The van der Waals surface area contributed by atoms with Crippen LogP contribution in [0.4, 0.5) is 13.2 Å². The van der Waals surface area contributed by atoms with Crippen LogP contribution in [0.2, 0.25) is 0 Å². The van der Waals surface area contributed by atoms with Crippen molar-refractivity contribution >= 4 is 0 Å². The van der Waals surface area contributed by atoms with E-state index in [2.05, 4.69) is 13.8 Å². The second kappa shape index (κ2) is 7.66. The Morgan fingerprint density at radius 1 is 0.900 bits per heavy atom. The molecule has 4 fully saturated rings. The Hall–Kier alpha value is -0.250. The molecule has 4 saturated carbocycles. The highest BCUT2D eigenvalue weighted by molar-refractivity contribution is 5.10. The molecule has 0 aromatic carbocycles. The maximum Gasteiger partial charge on any atom is 0.391 e. The normalized spacial score (nSPS) is 49.8. The van der Waals surface area contributed by atoms with Crippen molar-refractivity contribution in [1.29, 1.82) is 0 Å². The first kappa shape index (κ1) is 22.9. The van der Waals surface area contributed by atoms with Gasteiger partial charge in [-0.15, -0.1) is 0 Å². The van der Waals surface area contributed by atoms with Crippen LogP contribution in [0.5, 0.6) is 0 Å². The Balaban J connectivity index is 1.42. The second-order valence-corrected chi connectivity index (χ2v) is 12.6. The molecule has 0 aliphatic heterocycles. The Morgan fingerprint density at radius 3 is 2.30 bits per heavy atom. The van der Waals surface area contributed by atoms with Gasteiger partial charge in [0.05, 0.1) is 11.5 Å². The van der Waals surface area contributed by atoms with Gasteiger partial charge in [0.25, 0.3) is 0 Å². The number of fused-ring (bicyclic) bond motifs is 5. The van der Waals surface area contributed by atoms with Crippen LogP contribution < -0.4 is 0 Å². The molecule has 0 amide bonds. The lowest BCUT2D eigenvalue weighted by Gasteiger charge is -2.62. The summed E-state index contributed by atoms with van der Waals surface area (Å²) < 4.78 is 38.7. The van der Waals surface area contributed by atoms with Crippen LogP contribution in [-0.2, 0) is 0 Å². The van der Waals surface area contributed by atoms with Crippen LogP contribution in [-0.4, -0.2) is 16.9 Å². The van der Waals surface area contributed by atoms with Gasteiger partial charge < -0.3 is 5.11 Å². The van der Waals surface area contributed by atoms with Crippen LogP contribution in [0, 0.1) is 46.3 Å². The highest BCUT2D eigenvalue weighted by Gasteiger charge is 2.60. The number of rotatable bonds is 4. The molecule has 4 heteroatoms. The van der Waals surface area contributed by atoms with Crippen LogP contribution in [0.1, 0.15) is 105 Å². The molecule has 0 heterocycles. The lowest BCUT2D eigenvalue weighted by molar-refractivity contribution is -0.171. The molecule has 4 aliphatic rings. The van der Waals surface area contributed by atoms with E-state index in [-0.39, 0.29) is 6.42 Å². The molecule has 1 nitrogen and oxygen atoms in total. The van der Waals surface area contributed by atoms with Gasteiger partial charge in [0.1, 0.15) is 0 Å². The summed E-state index contributed by atoms with van der Waals surface area (Å²) in [7, 11) is 0. The Bertz CT molecular complexity index is 628. The number of hydrogen-bond acceptors (Lipinski definition) is 1. The predicted molar refractivity (Wildman–Crippen MR) is 115 cm³/mol. The molecule has 0 aromatic rings. The van der Waals surface area contributed by atoms with Crippen molar-refractivity contribution in [2.24, 2.45) is 46.3 Å². The van der Waals surface area contributed by atoms with E-state index in [4.69, 9.17) is 0 Å². The van der Waals surface area contributed by atoms with Crippen molar-refractivity contribution in [1.82, 2.24) is 0 Å². The van der Waals surface area contributed by atoms with E-state index in [1.54, 1.807) is 0 Å². The van der Waals surface area contributed by atoms with E-state index in [1.807, 2.05) is 6.92 Å². The fraction of sp³-hybridized carbons (Fsp3) is 1.00. The summed E-state index contributed by atoms with van der Waals surface area (Å²) in [6, 6.07) is 0. The molecule has 8 unspecified atom stereocenters. The van der Waals surface area contributed by atoms with Crippen molar-refractivity contribution in [2.45, 2.75) is 117 Å². The summed E-state index contributed by atoms with van der Waals surface area (Å²) in [5.41, 5.74) is 0.241. The molecule has 4 rings (SSSR count). The van der Waals surface area contributed by atoms with Crippen molar-refractivity contribution in [2.75, 3.05) is 0 Å². The average Bonchev–Trinajstić information content (AvgIpc) is 2.98. The zero-order valence-corrected chi connectivity index (χ0v) is 19.5. The average molecular weight is 429 g/mol. The topological polar surface area (TPSA) is 20.2 Å². The largest absolute Gasteiger partial charge is 0.391 e. The SMILES string of the molecule is CC(CCCC1CCC2C3CCC4C[C@@](C)(O)CCC4(C)C3CCC12C)C(F)(F)F. The fourth-order valence-corrected chi connectivity index (χ4v) is 8.85. The van der Waals surface area contributed by atoms with Crippen LogP contribution in [0.25, 0.3) is 0 Å². The molecule has 1 N–H and O–H groups in total. The summed E-state index contributed by atoms with van der Waals surface area (Å²) in [4.78, 5) is 0. The van der Waals surface area contributed by atoms with Gasteiger partial charge in [-0.1, -0.05) is 27.2 Å². The zero-order valence-electron chi connectivity index (χ0n) is 19.5. The van der Waals surface area contributed by atoms with E-state index < -0.39 is 17.7 Å². The summed E-state index contributed by atoms with van der Waals surface area (Å²) in [6.07, 6.45) is 8.63. The highest BCUT2D eigenvalue weighted by atomic mass is 19.4. The molecule has 0 spiro atoms. The summed E-state index contributed by atoms with van der Waals surface area (Å²) in [5.74, 6) is 2.45. The summed E-state index contributed by atoms with van der Waals surface area (Å²) in [6.45, 7) is 8.37. The van der Waals surface area contributed by atoms with E-state index in [0.717, 1.165) is 49.9 Å². The van der Waals surface area contributed by atoms with Crippen molar-refractivity contribution in [3.8, 4) is 0 Å². The number of aliphatic hydroxyl groups is 1. The third-order valence-corrected chi connectivity index (χ3v) is 10.9. The first-order valence-corrected chi connectivity index (χ1v) is 12.7. The molecule has 174 valence electrons. The fourth-order valence-electron chi connectivity index (χ4n) is 8.85. The smallest absolute Gasteiger partial charge is 0.390 e. The minimum absolute atomic E-state index is 0.284. The minimum atomic E-state index is -4.04. The lowest BCUT2D eigenvalue weighted by Crippen LogP contribution is -2.55. The third-order valence-electron chi connectivity index (χ3n) is 10.9. The molecule has 0 radical (unpaired) electrons. The van der Waals surface area contributed by atoms with Gasteiger partial charge in [-0.25, -0.2) is 0 Å². The van der Waals surface area contributed by atoms with Gasteiger partial charge >= 0.3 is 6.18 Å². The van der Waals surface area contributed by atoms with E-state index in [1.165, 1.54) is 45.4 Å². The molecule has 0 aromatic heterocycles. The predicted octanol–water partition coefficient (Wildman–Crippen LogP) is 7.77. The standard InChI is InChI=1S/C26H43F3O/c1-17(26(27,28)29)6-5-7-18-9-11-21-20-10-8-19-16-23(2,30)14-15-25(19,4)22(20)12-13-24(18,21)3/h17-22,30H,5-16H2,1-4H3/t17?,18?,19?,20?,21?,22?,23-,24?,25?/m0/s1. The second-order valence-electron chi connectivity index (χ2n) is 12.6. The van der Waals surface area contributed by atoms with Crippen molar-refractivity contribution in [3.63, 3.8) is 0 Å². The maximum absolute atomic E-state index is 12.9. The Morgan fingerprint density at radius 2 is 1.60 bits per heavy atom. The van der Waals surface area contributed by atoms with Gasteiger partial charge in [0.2, 0.25) is 0 Å². The van der Waals surface area contributed by atoms with E-state index >= 15 is 0 Å². The minimum Gasteiger partial charge on any atom is -0.390 e. The monoisotopic (exact) mass is 428 g/mol. The molecule has 0 saturated heterocycles. The Kier molecular flexibility index (Phi) is 5.86. The zero-order chi connectivity index (χ0) is 21.9. The summed E-state index contributed by atoms with van der Waals surface area (Å²) >= 11 is 0. The molecular formula is C26H43F3O. The van der Waals surface area contributed by atoms with Crippen molar-refractivity contribution in [3.05, 3.63) is 0 Å². The van der Waals surface area contributed by atoms with Crippen LogP contribution in [0.15, 0.2) is 0 Å². The number of alkyl halides is 3. The van der Waals surface area contributed by atoms with Gasteiger partial charge in [-0.3, -0.25) is 0 Å². The first-order chi connectivity index (χ1) is 13.9. The van der Waals surface area contributed by atoms with Crippen LogP contribution >= 0.6 is 0 Å². The van der Waals surface area contributed by atoms with Gasteiger partial charge in [-0.2, -0.15) is 13.2 Å². The van der Waals surface area contributed by atoms with Gasteiger partial charge in [-0.05, 0) is 118 Å². The number of hydrogen-bond donors (Lipinski definition) is 1. The lowest BCUT2D eigenvalue weighted by atomic mass is 9.44. The maximum atomic E-state index is 12.9.